The topological polar surface area (TPSA) is 45.0 Å². The van der Waals surface area contributed by atoms with Gasteiger partial charge in [0, 0.05) is 63.2 Å². The fourth-order valence-electron chi connectivity index (χ4n) is 3.48. The number of hydrogen-bond acceptors (Lipinski definition) is 3. The van der Waals surface area contributed by atoms with Gasteiger partial charge in [-0.15, -0.1) is 0 Å². The van der Waals surface area contributed by atoms with E-state index >= 15 is 0 Å². The summed E-state index contributed by atoms with van der Waals surface area (Å²) in [6, 6.07) is 2.66. The molecule has 2 rings (SSSR count). The van der Waals surface area contributed by atoms with Gasteiger partial charge in [0.15, 0.2) is 5.96 Å². The van der Waals surface area contributed by atoms with Crippen molar-refractivity contribution in [2.45, 2.75) is 32.9 Å². The van der Waals surface area contributed by atoms with Crippen molar-refractivity contribution in [3.8, 4) is 0 Å². The van der Waals surface area contributed by atoms with E-state index in [2.05, 4.69) is 80.8 Å². The molecule has 1 aromatic rings. The molecule has 1 fully saturated rings. The molecule has 1 aromatic heterocycles. The number of rotatable bonds is 7. The zero-order valence-electron chi connectivity index (χ0n) is 16.8. The maximum atomic E-state index is 5.52. The van der Waals surface area contributed by atoms with Crippen LogP contribution >= 0.6 is 15.9 Å². The lowest BCUT2D eigenvalue weighted by Gasteiger charge is -2.36. The first-order chi connectivity index (χ1) is 12.4. The van der Waals surface area contributed by atoms with Crippen LogP contribution in [0.15, 0.2) is 21.7 Å². The average Bonchev–Trinajstić information content (AvgIpc) is 2.92. The number of aliphatic imine (C=N–C) groups is 1. The lowest BCUT2D eigenvalue weighted by molar-refractivity contribution is 0.0131. The Morgan fingerprint density at radius 1 is 1.38 bits per heavy atom. The lowest BCUT2D eigenvalue weighted by atomic mass is 10.0. The number of aryl methyl sites for hydroxylation is 1. The highest BCUT2D eigenvalue weighted by Gasteiger charge is 2.22. The Kier molecular flexibility index (Phi) is 8.44. The van der Waals surface area contributed by atoms with Crippen LogP contribution < -0.4 is 5.32 Å². The normalized spacial score (nSPS) is 17.6. The third-order valence-corrected chi connectivity index (χ3v) is 5.28. The van der Waals surface area contributed by atoms with Gasteiger partial charge in [0.2, 0.25) is 0 Å². The zero-order chi connectivity index (χ0) is 19.1. The number of halogens is 1. The highest BCUT2D eigenvalue weighted by Crippen LogP contribution is 2.16. The molecule has 148 valence electrons. The van der Waals surface area contributed by atoms with Gasteiger partial charge in [0.05, 0.1) is 19.8 Å². The number of aromatic nitrogens is 1. The molecule has 26 heavy (non-hydrogen) atoms. The van der Waals surface area contributed by atoms with Crippen LogP contribution in [-0.4, -0.2) is 73.3 Å². The Morgan fingerprint density at radius 3 is 2.62 bits per heavy atom. The van der Waals surface area contributed by atoms with E-state index in [0.717, 1.165) is 49.8 Å². The van der Waals surface area contributed by atoms with Gasteiger partial charge in [-0.2, -0.15) is 0 Å². The van der Waals surface area contributed by atoms with E-state index in [4.69, 9.17) is 4.74 Å². The highest BCUT2D eigenvalue weighted by molar-refractivity contribution is 9.10. The van der Waals surface area contributed by atoms with E-state index < -0.39 is 0 Å². The second-order valence-corrected chi connectivity index (χ2v) is 8.39. The van der Waals surface area contributed by atoms with Crippen LogP contribution in [0.2, 0.25) is 0 Å². The number of nitrogens with one attached hydrogen (secondary N) is 1. The predicted molar refractivity (Wildman–Crippen MR) is 112 cm³/mol. The molecule has 1 atom stereocenters. The molecule has 6 nitrogen and oxygen atoms in total. The van der Waals surface area contributed by atoms with Crippen molar-refractivity contribution in [3.63, 3.8) is 0 Å². The number of ether oxygens (including phenoxy) is 1. The van der Waals surface area contributed by atoms with Crippen LogP contribution in [0.3, 0.4) is 0 Å². The lowest BCUT2D eigenvalue weighted by Crippen LogP contribution is -2.51. The van der Waals surface area contributed by atoms with Gasteiger partial charge in [-0.1, -0.05) is 13.8 Å². The van der Waals surface area contributed by atoms with Crippen molar-refractivity contribution >= 4 is 21.9 Å². The molecular formula is C19H34BrN5O. The maximum Gasteiger partial charge on any atom is 0.193 e. The minimum absolute atomic E-state index is 0.508. The molecule has 0 saturated carbocycles. The summed E-state index contributed by atoms with van der Waals surface area (Å²) < 4.78 is 8.77. The summed E-state index contributed by atoms with van der Waals surface area (Å²) in [4.78, 5) is 9.21. The van der Waals surface area contributed by atoms with Crippen molar-refractivity contribution in [1.82, 2.24) is 19.7 Å². The summed E-state index contributed by atoms with van der Waals surface area (Å²) in [6.07, 6.45) is 3.26. The minimum atomic E-state index is 0.508. The Labute approximate surface area is 166 Å². The Hall–Kier alpha value is -1.05. The fraction of sp³-hybridized carbons (Fsp3) is 0.737. The molecule has 0 aromatic carbocycles. The van der Waals surface area contributed by atoms with E-state index in [1.807, 2.05) is 7.05 Å². The van der Waals surface area contributed by atoms with Crippen molar-refractivity contribution < 1.29 is 4.74 Å². The first-order valence-corrected chi connectivity index (χ1v) is 10.2. The molecule has 2 heterocycles. The Bertz CT molecular complexity index is 580. The molecule has 1 aliphatic heterocycles. The largest absolute Gasteiger partial charge is 0.379 e. The average molecular weight is 428 g/mol. The second kappa shape index (κ2) is 10.3. The van der Waals surface area contributed by atoms with E-state index in [1.165, 1.54) is 12.1 Å². The van der Waals surface area contributed by atoms with E-state index in [1.54, 1.807) is 0 Å². The molecule has 0 bridgehead atoms. The van der Waals surface area contributed by atoms with Gasteiger partial charge < -0.3 is 19.5 Å². The maximum absolute atomic E-state index is 5.52. The molecule has 0 amide bonds. The van der Waals surface area contributed by atoms with E-state index in [9.17, 15) is 0 Å². The smallest absolute Gasteiger partial charge is 0.193 e. The van der Waals surface area contributed by atoms with Gasteiger partial charge in [-0.05, 0) is 34.3 Å². The second-order valence-electron chi connectivity index (χ2n) is 7.48. The third kappa shape index (κ3) is 6.28. The number of nitrogens with zero attached hydrogens (tertiary/aromatic N) is 4. The van der Waals surface area contributed by atoms with Crippen LogP contribution in [0.5, 0.6) is 0 Å². The molecule has 1 aliphatic rings. The fourth-order valence-corrected chi connectivity index (χ4v) is 4.05. The quantitative estimate of drug-likeness (QED) is 0.536. The van der Waals surface area contributed by atoms with Gasteiger partial charge in [-0.3, -0.25) is 9.89 Å². The molecule has 1 saturated heterocycles. The summed E-state index contributed by atoms with van der Waals surface area (Å²) in [6.45, 7) is 10.0. The molecule has 1 unspecified atom stereocenters. The minimum Gasteiger partial charge on any atom is -0.379 e. The molecule has 0 radical (unpaired) electrons. The van der Waals surface area contributed by atoms with Gasteiger partial charge in [0.25, 0.3) is 0 Å². The number of morpholine rings is 1. The zero-order valence-corrected chi connectivity index (χ0v) is 18.4. The van der Waals surface area contributed by atoms with E-state index in [-0.39, 0.29) is 0 Å². The Morgan fingerprint density at radius 2 is 2.08 bits per heavy atom. The molecule has 0 spiro atoms. The van der Waals surface area contributed by atoms with Crippen LogP contribution in [-0.2, 0) is 18.3 Å². The number of guanidine groups is 1. The summed E-state index contributed by atoms with van der Waals surface area (Å²) in [7, 11) is 6.01. The SMILES string of the molecule is CN=C(NCC(CC(C)C)N1CCOCC1)N(C)Cc1cc(Br)cn1C. The molecule has 7 heteroatoms. The Balaban J connectivity index is 1.94. The summed E-state index contributed by atoms with van der Waals surface area (Å²) in [5, 5.41) is 3.59. The van der Waals surface area contributed by atoms with E-state index in [0.29, 0.717) is 12.0 Å². The number of hydrogen-bond donors (Lipinski definition) is 1. The van der Waals surface area contributed by atoms with Gasteiger partial charge in [-0.25, -0.2) is 0 Å². The summed E-state index contributed by atoms with van der Waals surface area (Å²) >= 11 is 3.54. The molecule has 1 N–H and O–H groups in total. The van der Waals surface area contributed by atoms with Gasteiger partial charge in [0.1, 0.15) is 0 Å². The van der Waals surface area contributed by atoms with Crippen molar-refractivity contribution in [1.29, 1.82) is 0 Å². The van der Waals surface area contributed by atoms with Crippen LogP contribution in [0.25, 0.3) is 0 Å². The third-order valence-electron chi connectivity index (χ3n) is 4.85. The first kappa shape index (κ1) is 21.3. The van der Waals surface area contributed by atoms with Crippen LogP contribution in [0.1, 0.15) is 26.0 Å². The highest BCUT2D eigenvalue weighted by atomic mass is 79.9. The van der Waals surface area contributed by atoms with Gasteiger partial charge >= 0.3 is 0 Å². The monoisotopic (exact) mass is 427 g/mol. The summed E-state index contributed by atoms with van der Waals surface area (Å²) in [5.74, 6) is 1.61. The predicted octanol–water partition coefficient (Wildman–Crippen LogP) is 2.54. The van der Waals surface area contributed by atoms with Crippen molar-refractivity contribution in [2.24, 2.45) is 18.0 Å². The first-order valence-electron chi connectivity index (χ1n) is 9.45. The summed E-state index contributed by atoms with van der Waals surface area (Å²) in [5.41, 5.74) is 1.24. The van der Waals surface area contributed by atoms with Crippen LogP contribution in [0.4, 0.5) is 0 Å². The molecular weight excluding hydrogens is 394 g/mol. The standard InChI is InChI=1S/C19H34BrN5O/c1-15(2)10-17(25-6-8-26-9-7-25)12-22-19(21-3)24(5)14-18-11-16(20)13-23(18)4/h11,13,15,17H,6-10,12,14H2,1-5H3,(H,21,22). The van der Waals surface area contributed by atoms with Crippen molar-refractivity contribution in [3.05, 3.63) is 22.4 Å². The van der Waals surface area contributed by atoms with Crippen molar-refractivity contribution in [2.75, 3.05) is 46.9 Å². The molecule has 0 aliphatic carbocycles. The van der Waals surface area contributed by atoms with Crippen LogP contribution in [0, 0.1) is 5.92 Å².